The third-order valence-electron chi connectivity index (χ3n) is 4.17. The first-order chi connectivity index (χ1) is 8.25. The van der Waals surface area contributed by atoms with E-state index in [1.165, 1.54) is 0 Å². The molecule has 4 atom stereocenters. The van der Waals surface area contributed by atoms with E-state index in [0.29, 0.717) is 17.9 Å². The lowest BCUT2D eigenvalue weighted by atomic mass is 9.74. The Bertz CT molecular complexity index is 414. The monoisotopic (exact) mass is 229 g/mol. The fraction of sp³-hybridized carbons (Fsp3) is 0.467. The molecule has 17 heavy (non-hydrogen) atoms. The van der Waals surface area contributed by atoms with Crippen LogP contribution in [-0.4, -0.2) is 29.6 Å². The van der Waals surface area contributed by atoms with Crippen molar-refractivity contribution >= 4 is 0 Å². The molecule has 2 nitrogen and oxygen atoms in total. The summed E-state index contributed by atoms with van der Waals surface area (Å²) in [5, 5.41) is 10.5. The Balaban J connectivity index is 1.84. The first kappa shape index (κ1) is 11.0. The summed E-state index contributed by atoms with van der Waals surface area (Å²) in [6.07, 6.45) is 5.37. The Morgan fingerprint density at radius 3 is 2.65 bits per heavy atom. The van der Waals surface area contributed by atoms with Crippen LogP contribution in [0.3, 0.4) is 0 Å². The summed E-state index contributed by atoms with van der Waals surface area (Å²) >= 11 is 0. The molecule has 0 saturated carbocycles. The van der Waals surface area contributed by atoms with Gasteiger partial charge in [-0.2, -0.15) is 0 Å². The van der Waals surface area contributed by atoms with Gasteiger partial charge in [-0.25, -0.2) is 0 Å². The lowest BCUT2D eigenvalue weighted by Gasteiger charge is -2.46. The van der Waals surface area contributed by atoms with E-state index in [1.807, 2.05) is 30.3 Å². The molecule has 90 valence electrons. The standard InChI is InChI=1S/C15H19NO/c1-16-10-11-7-8-14(16)13(9-11)15(17)12-5-3-2-4-6-12/h2-8,11,13-15,17H,9-10H2,1H3. The number of piperidine rings is 1. The zero-order valence-corrected chi connectivity index (χ0v) is 10.2. The molecule has 1 aromatic carbocycles. The van der Waals surface area contributed by atoms with Crippen LogP contribution in [0.2, 0.25) is 0 Å². The van der Waals surface area contributed by atoms with Crippen LogP contribution in [0, 0.1) is 11.8 Å². The number of likely N-dealkylation sites (N-methyl/N-ethyl adjacent to an activating group) is 1. The summed E-state index contributed by atoms with van der Waals surface area (Å²) < 4.78 is 0. The molecule has 0 aromatic heterocycles. The van der Waals surface area contributed by atoms with Crippen LogP contribution in [0.4, 0.5) is 0 Å². The van der Waals surface area contributed by atoms with Crippen molar-refractivity contribution in [1.82, 2.24) is 4.90 Å². The second-order valence-electron chi connectivity index (χ2n) is 5.33. The quantitative estimate of drug-likeness (QED) is 0.786. The lowest BCUT2D eigenvalue weighted by Crippen LogP contribution is -2.49. The van der Waals surface area contributed by atoms with Gasteiger partial charge in [0.2, 0.25) is 0 Å². The largest absolute Gasteiger partial charge is 0.388 e. The molecule has 1 aromatic rings. The number of aliphatic hydroxyl groups is 1. The first-order valence-corrected chi connectivity index (χ1v) is 6.37. The van der Waals surface area contributed by atoms with Gasteiger partial charge in [0.1, 0.15) is 0 Å². The Labute approximate surface area is 103 Å². The van der Waals surface area contributed by atoms with Crippen molar-refractivity contribution in [1.29, 1.82) is 0 Å². The van der Waals surface area contributed by atoms with Crippen LogP contribution in [0.25, 0.3) is 0 Å². The molecule has 1 fully saturated rings. The molecule has 3 aliphatic rings. The third kappa shape index (κ3) is 1.92. The number of hydrogen-bond acceptors (Lipinski definition) is 2. The highest BCUT2D eigenvalue weighted by atomic mass is 16.3. The predicted octanol–water partition coefficient (Wildman–Crippen LogP) is 2.23. The minimum absolute atomic E-state index is 0.337. The third-order valence-corrected chi connectivity index (χ3v) is 4.17. The number of nitrogens with zero attached hydrogens (tertiary/aromatic N) is 1. The zero-order chi connectivity index (χ0) is 11.8. The van der Waals surface area contributed by atoms with Crippen molar-refractivity contribution in [2.24, 2.45) is 11.8 Å². The fourth-order valence-corrected chi connectivity index (χ4v) is 3.30. The topological polar surface area (TPSA) is 23.5 Å². The van der Waals surface area contributed by atoms with Gasteiger partial charge in [0, 0.05) is 18.5 Å². The molecule has 2 bridgehead atoms. The molecule has 2 heterocycles. The predicted molar refractivity (Wildman–Crippen MR) is 68.6 cm³/mol. The molecule has 2 aliphatic heterocycles. The number of benzene rings is 1. The summed E-state index contributed by atoms with van der Waals surface area (Å²) in [6.45, 7) is 1.14. The molecule has 1 aliphatic carbocycles. The summed E-state index contributed by atoms with van der Waals surface area (Å²) in [7, 11) is 2.16. The Hall–Kier alpha value is -1.12. The van der Waals surface area contributed by atoms with E-state index in [4.69, 9.17) is 0 Å². The van der Waals surface area contributed by atoms with E-state index in [9.17, 15) is 5.11 Å². The van der Waals surface area contributed by atoms with Crippen LogP contribution in [0.5, 0.6) is 0 Å². The fourth-order valence-electron chi connectivity index (χ4n) is 3.30. The Morgan fingerprint density at radius 1 is 1.24 bits per heavy atom. The zero-order valence-electron chi connectivity index (χ0n) is 10.2. The first-order valence-electron chi connectivity index (χ1n) is 6.37. The maximum absolute atomic E-state index is 10.5. The maximum Gasteiger partial charge on any atom is 0.0836 e. The van der Waals surface area contributed by atoms with E-state index >= 15 is 0 Å². The van der Waals surface area contributed by atoms with Crippen LogP contribution < -0.4 is 0 Å². The summed E-state index contributed by atoms with van der Waals surface area (Å²) in [5.41, 5.74) is 1.05. The number of rotatable bonds is 2. The van der Waals surface area contributed by atoms with Gasteiger partial charge >= 0.3 is 0 Å². The second kappa shape index (κ2) is 4.28. The van der Waals surface area contributed by atoms with E-state index in [1.54, 1.807) is 0 Å². The SMILES string of the molecule is CN1CC2C=CC1C(C(O)c1ccccc1)C2. The van der Waals surface area contributed by atoms with Crippen molar-refractivity contribution in [3.8, 4) is 0 Å². The van der Waals surface area contributed by atoms with Crippen molar-refractivity contribution in [3.63, 3.8) is 0 Å². The molecular weight excluding hydrogens is 210 g/mol. The number of fused-ring (bicyclic) bond motifs is 2. The van der Waals surface area contributed by atoms with Gasteiger partial charge in [0.15, 0.2) is 0 Å². The minimum atomic E-state index is -0.337. The Kier molecular flexibility index (Phi) is 2.77. The van der Waals surface area contributed by atoms with Gasteiger partial charge in [-0.1, -0.05) is 42.5 Å². The van der Waals surface area contributed by atoms with Gasteiger partial charge in [0.25, 0.3) is 0 Å². The average Bonchev–Trinajstić information content (AvgIpc) is 2.39. The van der Waals surface area contributed by atoms with E-state index in [0.717, 1.165) is 18.5 Å². The van der Waals surface area contributed by atoms with E-state index in [-0.39, 0.29) is 6.10 Å². The van der Waals surface area contributed by atoms with Crippen molar-refractivity contribution in [3.05, 3.63) is 48.0 Å². The van der Waals surface area contributed by atoms with Crippen molar-refractivity contribution in [2.75, 3.05) is 13.6 Å². The summed E-state index contributed by atoms with van der Waals surface area (Å²) in [5.74, 6) is 0.958. The number of aliphatic hydroxyl groups excluding tert-OH is 1. The molecule has 1 N–H and O–H groups in total. The van der Waals surface area contributed by atoms with Crippen LogP contribution in [0.1, 0.15) is 18.1 Å². The molecule has 0 radical (unpaired) electrons. The van der Waals surface area contributed by atoms with Gasteiger partial charge < -0.3 is 5.11 Å². The van der Waals surface area contributed by atoms with Crippen molar-refractivity contribution < 1.29 is 5.11 Å². The minimum Gasteiger partial charge on any atom is -0.388 e. The molecule has 4 rings (SSSR count). The Morgan fingerprint density at radius 2 is 2.00 bits per heavy atom. The lowest BCUT2D eigenvalue weighted by molar-refractivity contribution is 0.0106. The molecule has 1 saturated heterocycles. The van der Waals surface area contributed by atoms with Crippen LogP contribution in [0.15, 0.2) is 42.5 Å². The summed E-state index contributed by atoms with van der Waals surface area (Å²) in [4.78, 5) is 2.37. The highest BCUT2D eigenvalue weighted by Crippen LogP contribution is 2.40. The summed E-state index contributed by atoms with van der Waals surface area (Å²) in [6, 6.07) is 10.4. The molecule has 4 unspecified atom stereocenters. The van der Waals surface area contributed by atoms with E-state index < -0.39 is 0 Å². The van der Waals surface area contributed by atoms with Crippen LogP contribution >= 0.6 is 0 Å². The van der Waals surface area contributed by atoms with Gasteiger partial charge in [-0.15, -0.1) is 0 Å². The molecule has 2 heteroatoms. The second-order valence-corrected chi connectivity index (χ2v) is 5.33. The average molecular weight is 229 g/mol. The van der Waals surface area contributed by atoms with E-state index in [2.05, 4.69) is 24.1 Å². The highest BCUT2D eigenvalue weighted by molar-refractivity contribution is 5.21. The highest BCUT2D eigenvalue weighted by Gasteiger charge is 2.39. The molecular formula is C15H19NO. The molecule has 0 amide bonds. The maximum atomic E-state index is 10.5. The molecule has 0 spiro atoms. The van der Waals surface area contributed by atoms with Gasteiger partial charge in [-0.05, 0) is 24.9 Å². The normalized spacial score (nSPS) is 33.9. The van der Waals surface area contributed by atoms with Gasteiger partial charge in [0.05, 0.1) is 6.10 Å². The number of hydrogen-bond donors (Lipinski definition) is 1. The van der Waals surface area contributed by atoms with Crippen LogP contribution in [-0.2, 0) is 0 Å². The smallest absolute Gasteiger partial charge is 0.0836 e. The van der Waals surface area contributed by atoms with Gasteiger partial charge in [-0.3, -0.25) is 4.90 Å². The van der Waals surface area contributed by atoms with Crippen molar-refractivity contribution in [2.45, 2.75) is 18.6 Å².